The number of rotatable bonds is 4. The Hall–Kier alpha value is -1.80. The molecule has 0 unspecified atom stereocenters. The maximum absolute atomic E-state index is 12.6. The highest BCUT2D eigenvalue weighted by molar-refractivity contribution is 7.90. The van der Waals surface area contributed by atoms with Crippen molar-refractivity contribution in [1.82, 2.24) is 9.21 Å². The summed E-state index contributed by atoms with van der Waals surface area (Å²) in [6.07, 6.45) is -0.393. The molecule has 0 bridgehead atoms. The molecule has 1 amide bonds. The van der Waals surface area contributed by atoms with Crippen LogP contribution in [0.15, 0.2) is 30.3 Å². The smallest absolute Gasteiger partial charge is 0.409 e. The van der Waals surface area contributed by atoms with Gasteiger partial charge in [-0.15, -0.1) is 0 Å². The number of carbonyl (C=O) groups excluding carboxylic acids is 1. The summed E-state index contributed by atoms with van der Waals surface area (Å²) >= 11 is 0. The normalized spacial score (nSPS) is 16.4. The monoisotopic (exact) mass is 327 g/mol. The van der Waals surface area contributed by atoms with Crippen LogP contribution in [-0.4, -0.2) is 63.5 Å². The van der Waals surface area contributed by atoms with Crippen LogP contribution in [0, 0.1) is 0 Å². The fourth-order valence-corrected chi connectivity index (χ4v) is 3.62. The van der Waals surface area contributed by atoms with Crippen LogP contribution >= 0.6 is 0 Å². The Morgan fingerprint density at radius 1 is 1.18 bits per heavy atom. The Morgan fingerprint density at radius 2 is 1.77 bits per heavy atom. The molecule has 0 radical (unpaired) electrons. The van der Waals surface area contributed by atoms with Crippen LogP contribution in [0.5, 0.6) is 0 Å². The predicted octanol–water partition coefficient (Wildman–Crippen LogP) is 1.14. The minimum Gasteiger partial charge on any atom is -0.450 e. The zero-order valence-electron chi connectivity index (χ0n) is 12.8. The molecule has 0 atom stereocenters. The van der Waals surface area contributed by atoms with Crippen molar-refractivity contribution in [3.8, 4) is 0 Å². The number of anilines is 1. The van der Waals surface area contributed by atoms with Crippen LogP contribution < -0.4 is 4.31 Å². The number of ether oxygens (including phenoxy) is 1. The number of carbonyl (C=O) groups is 1. The first kappa shape index (κ1) is 16.6. The fourth-order valence-electron chi connectivity index (χ4n) is 2.26. The third-order valence-electron chi connectivity index (χ3n) is 3.56. The maximum Gasteiger partial charge on any atom is 0.409 e. The number of hydrogen-bond donors (Lipinski definition) is 0. The second-order valence-electron chi connectivity index (χ2n) is 4.90. The van der Waals surface area contributed by atoms with E-state index in [0.29, 0.717) is 25.4 Å². The lowest BCUT2D eigenvalue weighted by Gasteiger charge is -2.35. The molecule has 0 spiro atoms. The van der Waals surface area contributed by atoms with E-state index in [-0.39, 0.29) is 13.1 Å². The minimum atomic E-state index is -3.59. The highest BCUT2D eigenvalue weighted by Crippen LogP contribution is 2.19. The van der Waals surface area contributed by atoms with Crippen molar-refractivity contribution in [2.75, 3.05) is 44.1 Å². The molecule has 0 saturated carbocycles. The SMILES string of the molecule is CCOC(=O)N1CCN(S(=O)(=O)N(C)c2ccccc2)CC1. The Labute approximate surface area is 131 Å². The predicted molar refractivity (Wildman–Crippen MR) is 83.9 cm³/mol. The van der Waals surface area contributed by atoms with Crippen LogP contribution in [0.3, 0.4) is 0 Å². The molecule has 0 aliphatic carbocycles. The van der Waals surface area contributed by atoms with Gasteiger partial charge in [-0.1, -0.05) is 18.2 Å². The van der Waals surface area contributed by atoms with Crippen molar-refractivity contribution < 1.29 is 17.9 Å². The quantitative estimate of drug-likeness (QED) is 0.831. The number of amides is 1. The third kappa shape index (κ3) is 3.50. The van der Waals surface area contributed by atoms with Gasteiger partial charge in [-0.2, -0.15) is 12.7 Å². The highest BCUT2D eigenvalue weighted by Gasteiger charge is 2.32. The van der Waals surface area contributed by atoms with E-state index in [1.54, 1.807) is 31.2 Å². The van der Waals surface area contributed by atoms with E-state index in [4.69, 9.17) is 4.74 Å². The van der Waals surface area contributed by atoms with Crippen LogP contribution in [0.4, 0.5) is 10.5 Å². The maximum atomic E-state index is 12.6. The van der Waals surface area contributed by atoms with E-state index >= 15 is 0 Å². The Kier molecular flexibility index (Phi) is 5.25. The molecule has 1 saturated heterocycles. The Bertz CT molecular complexity index is 598. The number of para-hydroxylation sites is 1. The van der Waals surface area contributed by atoms with E-state index < -0.39 is 16.3 Å². The summed E-state index contributed by atoms with van der Waals surface area (Å²) in [4.78, 5) is 13.2. The van der Waals surface area contributed by atoms with Crippen molar-refractivity contribution in [2.45, 2.75) is 6.92 Å². The largest absolute Gasteiger partial charge is 0.450 e. The summed E-state index contributed by atoms with van der Waals surface area (Å²) in [6.45, 7) is 3.25. The molecule has 1 aromatic rings. The van der Waals surface area contributed by atoms with Crippen molar-refractivity contribution in [3.05, 3.63) is 30.3 Å². The highest BCUT2D eigenvalue weighted by atomic mass is 32.2. The summed E-state index contributed by atoms with van der Waals surface area (Å²) in [5, 5.41) is 0. The zero-order chi connectivity index (χ0) is 16.2. The van der Waals surface area contributed by atoms with Crippen molar-refractivity contribution >= 4 is 22.0 Å². The molecule has 122 valence electrons. The van der Waals surface area contributed by atoms with Crippen LogP contribution in [-0.2, 0) is 14.9 Å². The molecule has 22 heavy (non-hydrogen) atoms. The number of benzene rings is 1. The van der Waals surface area contributed by atoms with Gasteiger partial charge in [0.15, 0.2) is 0 Å². The molecular weight excluding hydrogens is 306 g/mol. The van der Waals surface area contributed by atoms with Gasteiger partial charge in [0.25, 0.3) is 0 Å². The van der Waals surface area contributed by atoms with Gasteiger partial charge in [0, 0.05) is 33.2 Å². The lowest BCUT2D eigenvalue weighted by atomic mass is 10.3. The lowest BCUT2D eigenvalue weighted by molar-refractivity contribution is 0.0934. The molecule has 1 aliphatic rings. The molecule has 1 heterocycles. The van der Waals surface area contributed by atoms with Gasteiger partial charge in [0.1, 0.15) is 0 Å². The Morgan fingerprint density at radius 3 is 2.32 bits per heavy atom. The summed E-state index contributed by atoms with van der Waals surface area (Å²) in [5.41, 5.74) is 0.607. The lowest BCUT2D eigenvalue weighted by Crippen LogP contribution is -2.53. The summed E-state index contributed by atoms with van der Waals surface area (Å²) in [6, 6.07) is 8.90. The molecule has 1 fully saturated rings. The van der Waals surface area contributed by atoms with E-state index in [1.807, 2.05) is 6.07 Å². The fraction of sp³-hybridized carbons (Fsp3) is 0.500. The van der Waals surface area contributed by atoms with Crippen LogP contribution in [0.1, 0.15) is 6.92 Å². The molecule has 0 aromatic heterocycles. The molecule has 1 aromatic carbocycles. The summed E-state index contributed by atoms with van der Waals surface area (Å²) in [5.74, 6) is 0. The average molecular weight is 327 g/mol. The van der Waals surface area contributed by atoms with Gasteiger partial charge in [-0.05, 0) is 19.1 Å². The second-order valence-corrected chi connectivity index (χ2v) is 6.86. The third-order valence-corrected chi connectivity index (χ3v) is 5.48. The topological polar surface area (TPSA) is 70.2 Å². The van der Waals surface area contributed by atoms with E-state index in [2.05, 4.69) is 0 Å². The van der Waals surface area contributed by atoms with E-state index in [1.165, 1.54) is 20.6 Å². The first-order valence-corrected chi connectivity index (χ1v) is 8.57. The van der Waals surface area contributed by atoms with E-state index in [0.717, 1.165) is 0 Å². The van der Waals surface area contributed by atoms with Gasteiger partial charge in [0.2, 0.25) is 0 Å². The average Bonchev–Trinajstić information content (AvgIpc) is 2.55. The van der Waals surface area contributed by atoms with Crippen molar-refractivity contribution in [3.63, 3.8) is 0 Å². The van der Waals surface area contributed by atoms with Crippen LogP contribution in [0.2, 0.25) is 0 Å². The van der Waals surface area contributed by atoms with Gasteiger partial charge in [-0.3, -0.25) is 4.31 Å². The van der Waals surface area contributed by atoms with Gasteiger partial charge < -0.3 is 9.64 Å². The molecule has 8 heteroatoms. The molecular formula is C14H21N3O4S. The summed E-state index contributed by atoms with van der Waals surface area (Å²) < 4.78 is 32.8. The van der Waals surface area contributed by atoms with Crippen molar-refractivity contribution in [1.29, 1.82) is 0 Å². The van der Waals surface area contributed by atoms with Gasteiger partial charge in [-0.25, -0.2) is 4.79 Å². The molecule has 1 aliphatic heterocycles. The second kappa shape index (κ2) is 6.97. The first-order chi connectivity index (χ1) is 10.5. The van der Waals surface area contributed by atoms with Crippen molar-refractivity contribution in [2.24, 2.45) is 0 Å². The van der Waals surface area contributed by atoms with Crippen LogP contribution in [0.25, 0.3) is 0 Å². The number of piperazine rings is 1. The molecule has 0 N–H and O–H groups in total. The van der Waals surface area contributed by atoms with Gasteiger partial charge in [0.05, 0.1) is 12.3 Å². The van der Waals surface area contributed by atoms with Gasteiger partial charge >= 0.3 is 16.3 Å². The Balaban J connectivity index is 2.02. The first-order valence-electron chi connectivity index (χ1n) is 7.17. The number of hydrogen-bond acceptors (Lipinski definition) is 4. The standard InChI is InChI=1S/C14H21N3O4S/c1-3-21-14(18)16-9-11-17(12-10-16)22(19,20)15(2)13-7-5-4-6-8-13/h4-8H,3,9-12H2,1-2H3. The molecule has 7 nitrogen and oxygen atoms in total. The number of nitrogens with zero attached hydrogens (tertiary/aromatic N) is 3. The zero-order valence-corrected chi connectivity index (χ0v) is 13.6. The minimum absolute atomic E-state index is 0.262. The molecule has 2 rings (SSSR count). The van der Waals surface area contributed by atoms with E-state index in [9.17, 15) is 13.2 Å². The summed E-state index contributed by atoms with van der Waals surface area (Å²) in [7, 11) is -2.06.